The van der Waals surface area contributed by atoms with Crippen molar-refractivity contribution in [3.63, 3.8) is 0 Å². The fraction of sp³-hybridized carbons (Fsp3) is 0.588. The largest absolute Gasteiger partial charge is 0.534 e. The summed E-state index contributed by atoms with van der Waals surface area (Å²) in [6.45, 7) is 7.49. The van der Waals surface area contributed by atoms with E-state index in [-0.39, 0.29) is 13.0 Å². The zero-order valence-corrected chi connectivity index (χ0v) is 17.7. The van der Waals surface area contributed by atoms with E-state index in [1.54, 1.807) is 20.8 Å². The van der Waals surface area contributed by atoms with Crippen LogP contribution in [-0.2, 0) is 24.4 Å². The number of rotatable bonds is 7. The Morgan fingerprint density at radius 2 is 1.73 bits per heavy atom. The fourth-order valence-corrected chi connectivity index (χ4v) is 2.69. The molecule has 1 heterocycles. The third kappa shape index (κ3) is 6.21. The number of alkyl halides is 3. The first kappa shape index (κ1) is 25.5. The highest BCUT2D eigenvalue weighted by atomic mass is 32.2. The summed E-state index contributed by atoms with van der Waals surface area (Å²) in [4.78, 5) is 37.0. The molecule has 170 valence electrons. The Labute approximate surface area is 170 Å². The summed E-state index contributed by atoms with van der Waals surface area (Å²) < 4.78 is 75.2. The molecule has 0 aliphatic heterocycles. The van der Waals surface area contributed by atoms with Crippen molar-refractivity contribution in [1.82, 2.24) is 4.57 Å². The summed E-state index contributed by atoms with van der Waals surface area (Å²) >= 11 is 0. The van der Waals surface area contributed by atoms with Crippen LogP contribution in [0.25, 0.3) is 0 Å². The quantitative estimate of drug-likeness (QED) is 0.348. The molecule has 1 aromatic rings. The molecular formula is C17H22F3NO8S. The van der Waals surface area contributed by atoms with Gasteiger partial charge in [0.15, 0.2) is 5.75 Å². The number of hydrogen-bond donors (Lipinski definition) is 0. The average molecular weight is 457 g/mol. The number of pyridine rings is 1. The molecule has 0 bridgehead atoms. The smallest absolute Gasteiger partial charge is 0.462 e. The Balaban J connectivity index is 3.59. The minimum absolute atomic E-state index is 0.0259. The summed E-state index contributed by atoms with van der Waals surface area (Å²) in [5.74, 6) is -3.26. The van der Waals surface area contributed by atoms with Crippen molar-refractivity contribution in [2.75, 3.05) is 6.61 Å². The molecule has 0 aliphatic rings. The third-order valence-electron chi connectivity index (χ3n) is 3.42. The maximum absolute atomic E-state index is 12.7. The number of halogens is 3. The van der Waals surface area contributed by atoms with Crippen molar-refractivity contribution in [1.29, 1.82) is 0 Å². The maximum Gasteiger partial charge on any atom is 0.534 e. The molecule has 1 aromatic heterocycles. The van der Waals surface area contributed by atoms with E-state index in [1.165, 1.54) is 13.8 Å². The molecule has 9 nitrogen and oxygen atoms in total. The molecule has 0 N–H and O–H groups in total. The van der Waals surface area contributed by atoms with Gasteiger partial charge in [-0.25, -0.2) is 9.59 Å². The minimum Gasteiger partial charge on any atom is -0.462 e. The van der Waals surface area contributed by atoms with Crippen molar-refractivity contribution < 1.29 is 44.8 Å². The predicted octanol–water partition coefficient (Wildman–Crippen LogP) is 2.55. The van der Waals surface area contributed by atoms with E-state index < -0.39 is 56.1 Å². The zero-order valence-electron chi connectivity index (χ0n) is 16.9. The van der Waals surface area contributed by atoms with Gasteiger partial charge >= 0.3 is 27.6 Å². The molecule has 13 heteroatoms. The molecule has 30 heavy (non-hydrogen) atoms. The molecule has 0 saturated carbocycles. The summed E-state index contributed by atoms with van der Waals surface area (Å²) in [7, 11) is -6.17. The van der Waals surface area contributed by atoms with Gasteiger partial charge in [0.25, 0.3) is 5.56 Å². The first-order chi connectivity index (χ1) is 13.5. The molecule has 0 saturated heterocycles. The SMILES string of the molecule is CCOC(=O)c1cn(C(CC)C(=O)OC(C)(C)C)c(=O)cc1OS(=O)(=O)C(F)(F)F. The van der Waals surface area contributed by atoms with Gasteiger partial charge in [0.05, 0.1) is 6.61 Å². The van der Waals surface area contributed by atoms with Crippen LogP contribution in [0.3, 0.4) is 0 Å². The van der Waals surface area contributed by atoms with Gasteiger partial charge < -0.3 is 18.2 Å². The van der Waals surface area contributed by atoms with Crippen molar-refractivity contribution in [2.24, 2.45) is 0 Å². The van der Waals surface area contributed by atoms with Crippen LogP contribution in [-0.4, -0.2) is 42.6 Å². The number of aromatic nitrogens is 1. The molecule has 1 unspecified atom stereocenters. The number of carbonyl (C=O) groups is 2. The Morgan fingerprint density at radius 1 is 1.17 bits per heavy atom. The van der Waals surface area contributed by atoms with E-state index in [4.69, 9.17) is 9.47 Å². The zero-order chi connectivity index (χ0) is 23.5. The van der Waals surface area contributed by atoms with E-state index in [2.05, 4.69) is 4.18 Å². The highest BCUT2D eigenvalue weighted by Crippen LogP contribution is 2.29. The van der Waals surface area contributed by atoms with Crippen LogP contribution in [0.15, 0.2) is 17.1 Å². The van der Waals surface area contributed by atoms with Crippen molar-refractivity contribution in [3.05, 3.63) is 28.2 Å². The Morgan fingerprint density at radius 3 is 2.17 bits per heavy atom. The predicted molar refractivity (Wildman–Crippen MR) is 97.4 cm³/mol. The molecule has 0 radical (unpaired) electrons. The summed E-state index contributed by atoms with van der Waals surface area (Å²) in [5, 5.41) is 0. The number of ether oxygens (including phenoxy) is 2. The Hall–Kier alpha value is -2.57. The first-order valence-electron chi connectivity index (χ1n) is 8.71. The van der Waals surface area contributed by atoms with E-state index in [0.29, 0.717) is 12.3 Å². The lowest BCUT2D eigenvalue weighted by molar-refractivity contribution is -0.159. The van der Waals surface area contributed by atoms with Crippen molar-refractivity contribution >= 4 is 22.1 Å². The monoisotopic (exact) mass is 457 g/mol. The fourth-order valence-electron chi connectivity index (χ4n) is 2.22. The minimum atomic E-state index is -6.17. The molecule has 0 amide bonds. The number of nitrogens with zero attached hydrogens (tertiary/aromatic N) is 1. The van der Waals surface area contributed by atoms with E-state index in [9.17, 15) is 36.0 Å². The summed E-state index contributed by atoms with van der Waals surface area (Å²) in [6.07, 6.45) is 0.734. The number of carbonyl (C=O) groups excluding carboxylic acids is 2. The molecule has 0 aliphatic carbocycles. The van der Waals surface area contributed by atoms with Crippen LogP contribution in [0.5, 0.6) is 5.75 Å². The Bertz CT molecular complexity index is 961. The molecular weight excluding hydrogens is 435 g/mol. The van der Waals surface area contributed by atoms with Gasteiger partial charge in [-0.1, -0.05) is 6.92 Å². The second kappa shape index (κ2) is 9.06. The highest BCUT2D eigenvalue weighted by molar-refractivity contribution is 7.88. The number of hydrogen-bond acceptors (Lipinski definition) is 8. The van der Waals surface area contributed by atoms with Gasteiger partial charge in [0.1, 0.15) is 17.2 Å². The lowest BCUT2D eigenvalue weighted by atomic mass is 10.1. The van der Waals surface area contributed by atoms with Crippen LogP contribution >= 0.6 is 0 Å². The van der Waals surface area contributed by atoms with Crippen LogP contribution in [0.1, 0.15) is 57.4 Å². The van der Waals surface area contributed by atoms with Crippen molar-refractivity contribution in [3.8, 4) is 5.75 Å². The molecule has 1 atom stereocenters. The van der Waals surface area contributed by atoms with Gasteiger partial charge in [-0.2, -0.15) is 21.6 Å². The lowest BCUT2D eigenvalue weighted by Gasteiger charge is -2.25. The summed E-state index contributed by atoms with van der Waals surface area (Å²) in [5.41, 5.74) is -8.57. The average Bonchev–Trinajstić information content (AvgIpc) is 2.54. The molecule has 1 rings (SSSR count). The van der Waals surface area contributed by atoms with Crippen LogP contribution < -0.4 is 9.74 Å². The second-order valence-electron chi connectivity index (χ2n) is 6.96. The van der Waals surface area contributed by atoms with Gasteiger partial charge in [-0.15, -0.1) is 0 Å². The summed E-state index contributed by atoms with van der Waals surface area (Å²) in [6, 6.07) is -0.874. The Kier molecular flexibility index (Phi) is 7.69. The number of esters is 2. The van der Waals surface area contributed by atoms with Crippen molar-refractivity contribution in [2.45, 2.75) is 58.2 Å². The molecule has 0 fully saturated rings. The van der Waals surface area contributed by atoms with E-state index in [1.807, 2.05) is 0 Å². The maximum atomic E-state index is 12.7. The second-order valence-corrected chi connectivity index (χ2v) is 8.50. The molecule has 0 aromatic carbocycles. The van der Waals surface area contributed by atoms with Gasteiger partial charge in [0.2, 0.25) is 0 Å². The van der Waals surface area contributed by atoms with Crippen LogP contribution in [0, 0.1) is 0 Å². The van der Waals surface area contributed by atoms with E-state index in [0.717, 1.165) is 4.57 Å². The van der Waals surface area contributed by atoms with E-state index >= 15 is 0 Å². The third-order valence-corrected chi connectivity index (χ3v) is 4.39. The van der Waals surface area contributed by atoms with Gasteiger partial charge in [0, 0.05) is 12.3 Å². The highest BCUT2D eigenvalue weighted by Gasteiger charge is 2.49. The normalized spacial score (nSPS) is 13.5. The lowest BCUT2D eigenvalue weighted by Crippen LogP contribution is -2.35. The van der Waals surface area contributed by atoms with Crippen LogP contribution in [0.2, 0.25) is 0 Å². The first-order valence-corrected chi connectivity index (χ1v) is 10.1. The molecule has 0 spiro atoms. The topological polar surface area (TPSA) is 118 Å². The van der Waals surface area contributed by atoms with Gasteiger partial charge in [-0.3, -0.25) is 4.79 Å². The van der Waals surface area contributed by atoms with Gasteiger partial charge in [-0.05, 0) is 34.1 Å². The standard InChI is InChI=1S/C17H22F3NO8S/c1-6-11(15(24)28-16(3,4)5)21-9-10(14(23)27-7-2)12(8-13(21)22)29-30(25,26)17(18,19)20/h8-9,11H,6-7H2,1-5H3. The van der Waals surface area contributed by atoms with Crippen LogP contribution in [0.4, 0.5) is 13.2 Å².